The Morgan fingerprint density at radius 3 is 1.82 bits per heavy atom. The van der Waals surface area contributed by atoms with E-state index >= 15 is 0 Å². The van der Waals surface area contributed by atoms with Gasteiger partial charge in [0.25, 0.3) is 0 Å². The van der Waals surface area contributed by atoms with Gasteiger partial charge in [0.2, 0.25) is 0 Å². The first-order valence-corrected chi connectivity index (χ1v) is 8.40. The van der Waals surface area contributed by atoms with Crippen LogP contribution in [0.2, 0.25) is 0 Å². The Morgan fingerprint density at radius 2 is 1.41 bits per heavy atom. The summed E-state index contributed by atoms with van der Waals surface area (Å²) in [5.74, 6) is -0.801. The van der Waals surface area contributed by atoms with E-state index in [4.69, 9.17) is 0 Å². The molecule has 112 valence electrons. The van der Waals surface area contributed by atoms with Crippen LogP contribution in [0, 0.1) is 13.8 Å². The summed E-state index contributed by atoms with van der Waals surface area (Å²) in [5.41, 5.74) is 3.08. The molecule has 1 aromatic heterocycles. The van der Waals surface area contributed by atoms with Gasteiger partial charge in [-0.1, -0.05) is 67.6 Å². The maximum absolute atomic E-state index is 9.43. The summed E-state index contributed by atoms with van der Waals surface area (Å²) in [6.07, 6.45) is 0. The second-order valence-electron chi connectivity index (χ2n) is 5.55. The number of hydrogen-bond acceptors (Lipinski definition) is 2. The summed E-state index contributed by atoms with van der Waals surface area (Å²) in [4.78, 5) is 5.77. The Bertz CT molecular complexity index is 740. The van der Waals surface area contributed by atoms with Crippen molar-refractivity contribution in [3.8, 4) is 0 Å². The van der Waals surface area contributed by atoms with Crippen LogP contribution in [0.1, 0.15) is 46.8 Å². The van der Waals surface area contributed by atoms with Crippen LogP contribution in [-0.4, -0.2) is 4.98 Å². The number of aryl methyl sites for hydroxylation is 2. The van der Waals surface area contributed by atoms with Gasteiger partial charge < -0.3 is 0 Å². The van der Waals surface area contributed by atoms with Crippen LogP contribution >= 0.6 is 11.3 Å². The zero-order valence-electron chi connectivity index (χ0n) is 14.2. The Kier molecular flexibility index (Phi) is 4.02. The van der Waals surface area contributed by atoms with E-state index in [2.05, 4.69) is 36.2 Å². The fourth-order valence-corrected chi connectivity index (χ4v) is 3.97. The third kappa shape index (κ3) is 2.97. The number of rotatable bonds is 4. The number of hydrogen-bond donors (Lipinski definition) is 0. The Morgan fingerprint density at radius 1 is 0.909 bits per heavy atom. The monoisotopic (exact) mass is 308 g/mol. The summed E-state index contributed by atoms with van der Waals surface area (Å²) in [6, 6.07) is 20.3. The van der Waals surface area contributed by atoms with Crippen LogP contribution in [0.25, 0.3) is 0 Å². The molecule has 2 heteroatoms. The molecule has 1 heterocycles. The molecule has 0 radical (unpaired) electrons. The molecule has 22 heavy (non-hydrogen) atoms. The zero-order chi connectivity index (χ0) is 16.4. The number of thiazole rings is 1. The van der Waals surface area contributed by atoms with Crippen molar-refractivity contribution in [2.75, 3.05) is 0 Å². The molecule has 0 N–H and O–H groups in total. The molecule has 1 nitrogen and oxygen atoms in total. The molecular weight excluding hydrogens is 286 g/mol. The highest BCUT2D eigenvalue weighted by molar-refractivity contribution is 7.11. The average Bonchev–Trinajstić information content (AvgIpc) is 2.93. The summed E-state index contributed by atoms with van der Waals surface area (Å²) in [5, 5.41) is 1.06. The second kappa shape index (κ2) is 6.45. The molecule has 0 saturated heterocycles. The van der Waals surface area contributed by atoms with Crippen molar-refractivity contribution in [1.29, 1.82) is 0 Å². The topological polar surface area (TPSA) is 12.9 Å². The zero-order valence-corrected chi connectivity index (χ0v) is 14.0. The van der Waals surface area contributed by atoms with Crippen LogP contribution in [0.4, 0.5) is 0 Å². The van der Waals surface area contributed by atoms with Gasteiger partial charge in [-0.3, -0.25) is 0 Å². The lowest BCUT2D eigenvalue weighted by Crippen LogP contribution is -2.10. The van der Waals surface area contributed by atoms with Crippen LogP contribution in [0.15, 0.2) is 60.7 Å². The minimum absolute atomic E-state index is 0.0264. The molecule has 3 aromatic rings. The fraction of sp³-hybridized carbons (Fsp3) is 0.250. The van der Waals surface area contributed by atoms with Crippen molar-refractivity contribution in [2.24, 2.45) is 0 Å². The van der Waals surface area contributed by atoms with Gasteiger partial charge in [0.15, 0.2) is 0 Å². The molecule has 0 spiro atoms. The third-order valence-corrected chi connectivity index (χ3v) is 5.19. The molecule has 3 rings (SSSR count). The molecule has 0 aliphatic carbocycles. The molecule has 0 bridgehead atoms. The molecule has 1 atom stereocenters. The second-order valence-corrected chi connectivity index (χ2v) is 6.78. The quantitative estimate of drug-likeness (QED) is 0.603. The van der Waals surface area contributed by atoms with Gasteiger partial charge in [-0.15, -0.1) is 11.3 Å². The summed E-state index contributed by atoms with van der Waals surface area (Å²) in [6.45, 7) is 6.23. The smallest absolute Gasteiger partial charge is 0.0900 e. The van der Waals surface area contributed by atoms with E-state index in [1.54, 1.807) is 11.3 Å². The van der Waals surface area contributed by atoms with E-state index in [9.17, 15) is 1.37 Å². The highest BCUT2D eigenvalue weighted by atomic mass is 32.1. The minimum Gasteiger partial charge on any atom is -0.247 e. The first-order valence-electron chi connectivity index (χ1n) is 8.08. The van der Waals surface area contributed by atoms with Crippen molar-refractivity contribution in [3.05, 3.63) is 87.4 Å². The van der Waals surface area contributed by atoms with E-state index in [0.29, 0.717) is 0 Å². The van der Waals surface area contributed by atoms with Gasteiger partial charge in [0, 0.05) is 18.1 Å². The standard InChI is InChI=1S/C20H21NS/c1-14(20-15(2)21-16(3)22-20)19(17-10-6-4-7-11-17)18-12-8-5-9-13-18/h4-14,19H,1-3H3/i19D. The summed E-state index contributed by atoms with van der Waals surface area (Å²) < 4.78 is 9.43. The van der Waals surface area contributed by atoms with Crippen LogP contribution in [0.5, 0.6) is 0 Å². The van der Waals surface area contributed by atoms with Crippen LogP contribution in [0.3, 0.4) is 0 Å². The predicted molar refractivity (Wildman–Crippen MR) is 94.7 cm³/mol. The van der Waals surface area contributed by atoms with Crippen molar-refractivity contribution in [2.45, 2.75) is 32.6 Å². The summed E-state index contributed by atoms with van der Waals surface area (Å²) in [7, 11) is 0. The fourth-order valence-electron chi connectivity index (χ4n) is 2.98. The predicted octanol–water partition coefficient (Wildman–Crippen LogP) is 5.70. The highest BCUT2D eigenvalue weighted by Gasteiger charge is 2.25. The first kappa shape index (κ1) is 13.7. The van der Waals surface area contributed by atoms with Crippen LogP contribution in [-0.2, 0) is 0 Å². The van der Waals surface area contributed by atoms with Crippen molar-refractivity contribution >= 4 is 11.3 Å². The minimum atomic E-state index is -0.827. The van der Waals surface area contributed by atoms with E-state index in [-0.39, 0.29) is 5.92 Å². The third-order valence-electron chi connectivity index (χ3n) is 3.94. The maximum Gasteiger partial charge on any atom is 0.0900 e. The Labute approximate surface area is 138 Å². The normalized spacial score (nSPS) is 13.7. The average molecular weight is 308 g/mol. The van der Waals surface area contributed by atoms with Gasteiger partial charge in [-0.25, -0.2) is 4.98 Å². The van der Waals surface area contributed by atoms with Crippen molar-refractivity contribution < 1.29 is 1.37 Å². The SMILES string of the molecule is [2H]C(c1ccccc1)(c1ccccc1)C(C)c1sc(C)nc1C. The number of nitrogens with zero attached hydrogens (tertiary/aromatic N) is 1. The van der Waals surface area contributed by atoms with Crippen molar-refractivity contribution in [3.63, 3.8) is 0 Å². The number of aromatic nitrogens is 1. The molecule has 0 saturated carbocycles. The van der Waals surface area contributed by atoms with E-state index < -0.39 is 5.89 Å². The van der Waals surface area contributed by atoms with Gasteiger partial charge in [0.05, 0.1) is 10.7 Å². The summed E-state index contributed by atoms with van der Waals surface area (Å²) >= 11 is 1.71. The van der Waals surface area contributed by atoms with Gasteiger partial charge in [0.1, 0.15) is 0 Å². The Balaban J connectivity index is 2.18. The van der Waals surface area contributed by atoms with Gasteiger partial charge in [-0.05, 0) is 25.0 Å². The van der Waals surface area contributed by atoms with Gasteiger partial charge in [-0.2, -0.15) is 0 Å². The molecule has 0 fully saturated rings. The molecule has 0 amide bonds. The highest BCUT2D eigenvalue weighted by Crippen LogP contribution is 2.41. The van der Waals surface area contributed by atoms with E-state index in [1.165, 1.54) is 4.88 Å². The molecule has 1 unspecified atom stereocenters. The molecule has 2 aromatic carbocycles. The van der Waals surface area contributed by atoms with Gasteiger partial charge >= 0.3 is 0 Å². The van der Waals surface area contributed by atoms with Crippen molar-refractivity contribution in [1.82, 2.24) is 4.98 Å². The maximum atomic E-state index is 9.43. The molecule has 0 aliphatic heterocycles. The largest absolute Gasteiger partial charge is 0.247 e. The number of benzene rings is 2. The lowest BCUT2D eigenvalue weighted by atomic mass is 9.80. The lowest BCUT2D eigenvalue weighted by Gasteiger charge is -2.25. The Hall–Kier alpha value is -1.93. The lowest BCUT2D eigenvalue weighted by molar-refractivity contribution is 0.663. The van der Waals surface area contributed by atoms with E-state index in [1.807, 2.05) is 50.2 Å². The molecular formula is C20H21NS. The van der Waals surface area contributed by atoms with Crippen LogP contribution < -0.4 is 0 Å². The van der Waals surface area contributed by atoms with E-state index in [0.717, 1.165) is 21.8 Å². The molecule has 0 aliphatic rings. The first-order chi connectivity index (χ1) is 11.0.